The molecular weight excluding hydrogens is 222 g/mol. The van der Waals surface area contributed by atoms with Crippen LogP contribution in [0.15, 0.2) is 34.7 Å². The Morgan fingerprint density at radius 3 is 2.59 bits per heavy atom. The largest absolute Gasteiger partial charge is 0.615 e. The number of carbonyl (C=O) groups excluding carboxylic acids is 1. The number of aromatic nitrogens is 1. The topological polar surface area (TPSA) is 66.4 Å². The number of rotatable bonds is 2. The number of ether oxygens (including phenoxy) is 1. The summed E-state index contributed by atoms with van der Waals surface area (Å²) < 4.78 is 10.3. The first-order valence-corrected chi connectivity index (χ1v) is 5.02. The van der Waals surface area contributed by atoms with Crippen molar-refractivity contribution in [3.63, 3.8) is 0 Å². The predicted octanol–water partition coefficient (Wildman–Crippen LogP) is 1.68. The van der Waals surface area contributed by atoms with Crippen LogP contribution in [-0.2, 0) is 4.74 Å². The monoisotopic (exact) mass is 233 g/mol. The van der Waals surface area contributed by atoms with E-state index in [0.29, 0.717) is 10.3 Å². The fourth-order valence-electron chi connectivity index (χ4n) is 1.56. The molecule has 1 heterocycles. The highest BCUT2D eigenvalue weighted by molar-refractivity contribution is 5.86. The molecule has 0 radical (unpaired) electrons. The van der Waals surface area contributed by atoms with Crippen molar-refractivity contribution >= 4 is 5.97 Å². The minimum atomic E-state index is -0.705. The molecule has 0 aliphatic rings. The summed E-state index contributed by atoms with van der Waals surface area (Å²) in [6, 6.07) is 8.85. The molecule has 2 rings (SSSR count). The van der Waals surface area contributed by atoms with Gasteiger partial charge in [0, 0.05) is 6.92 Å². The highest BCUT2D eigenvalue weighted by Crippen LogP contribution is 2.19. The summed E-state index contributed by atoms with van der Waals surface area (Å²) >= 11 is 0. The molecule has 0 saturated heterocycles. The number of aryl methyl sites for hydroxylation is 1. The van der Waals surface area contributed by atoms with Gasteiger partial charge in [0.25, 0.3) is 0 Å². The molecule has 0 aliphatic heterocycles. The molecular formula is C12H11NO4. The number of carbonyl (C=O) groups is 1. The highest BCUT2D eigenvalue weighted by atomic mass is 16.5. The van der Waals surface area contributed by atoms with Gasteiger partial charge >= 0.3 is 17.6 Å². The van der Waals surface area contributed by atoms with Crippen LogP contribution in [0.25, 0.3) is 11.5 Å². The lowest BCUT2D eigenvalue weighted by molar-refractivity contribution is -0.599. The van der Waals surface area contributed by atoms with Gasteiger partial charge in [-0.25, -0.2) is 4.79 Å². The summed E-state index contributed by atoms with van der Waals surface area (Å²) in [4.78, 5) is 11.4. The summed E-state index contributed by atoms with van der Waals surface area (Å²) in [7, 11) is 1.22. The number of methoxy groups -OCH3 is 1. The van der Waals surface area contributed by atoms with E-state index in [1.807, 2.05) is 6.07 Å². The van der Waals surface area contributed by atoms with Gasteiger partial charge in [0.1, 0.15) is 0 Å². The van der Waals surface area contributed by atoms with E-state index in [0.717, 1.165) is 0 Å². The Bertz CT molecular complexity index is 545. The zero-order chi connectivity index (χ0) is 12.4. The molecule has 2 aromatic rings. The quantitative estimate of drug-likeness (QED) is 0.449. The average molecular weight is 233 g/mol. The van der Waals surface area contributed by atoms with Crippen LogP contribution in [-0.4, -0.2) is 13.1 Å². The smallest absolute Gasteiger partial charge is 0.408 e. The molecule has 0 bridgehead atoms. The number of benzene rings is 1. The van der Waals surface area contributed by atoms with Crippen LogP contribution in [0, 0.1) is 12.1 Å². The van der Waals surface area contributed by atoms with Crippen molar-refractivity contribution in [2.24, 2.45) is 0 Å². The number of oxazole rings is 1. The average Bonchev–Trinajstić information content (AvgIpc) is 2.65. The Morgan fingerprint density at radius 1 is 1.35 bits per heavy atom. The van der Waals surface area contributed by atoms with Crippen LogP contribution in [0.4, 0.5) is 0 Å². The van der Waals surface area contributed by atoms with Gasteiger partial charge in [-0.2, -0.15) is 0 Å². The van der Waals surface area contributed by atoms with Crippen LogP contribution in [0.3, 0.4) is 0 Å². The van der Waals surface area contributed by atoms with Crippen molar-refractivity contribution in [1.82, 2.24) is 0 Å². The predicted molar refractivity (Wildman–Crippen MR) is 59.2 cm³/mol. The van der Waals surface area contributed by atoms with Crippen molar-refractivity contribution in [2.75, 3.05) is 7.11 Å². The van der Waals surface area contributed by atoms with E-state index in [9.17, 15) is 10.0 Å². The Balaban J connectivity index is 2.56. The van der Waals surface area contributed by atoms with Crippen LogP contribution in [0.1, 0.15) is 16.2 Å². The van der Waals surface area contributed by atoms with Crippen molar-refractivity contribution in [2.45, 2.75) is 6.92 Å². The second-order valence-corrected chi connectivity index (χ2v) is 3.46. The normalized spacial score (nSPS) is 10.2. The van der Waals surface area contributed by atoms with Crippen LogP contribution in [0.5, 0.6) is 0 Å². The number of hydrogen-bond acceptors (Lipinski definition) is 4. The first kappa shape index (κ1) is 11.2. The van der Waals surface area contributed by atoms with Gasteiger partial charge in [-0.05, 0) is 12.1 Å². The van der Waals surface area contributed by atoms with E-state index < -0.39 is 5.97 Å². The lowest BCUT2D eigenvalue weighted by Crippen LogP contribution is -2.34. The molecule has 0 atom stereocenters. The fourth-order valence-corrected chi connectivity index (χ4v) is 1.56. The van der Waals surface area contributed by atoms with Gasteiger partial charge in [-0.15, -0.1) is 4.73 Å². The number of nitrogens with zero attached hydrogens (tertiary/aromatic N) is 1. The highest BCUT2D eigenvalue weighted by Gasteiger charge is 2.30. The summed E-state index contributed by atoms with van der Waals surface area (Å²) in [6.45, 7) is 1.55. The molecule has 5 nitrogen and oxygen atoms in total. The van der Waals surface area contributed by atoms with E-state index in [-0.39, 0.29) is 17.3 Å². The van der Waals surface area contributed by atoms with Crippen LogP contribution >= 0.6 is 0 Å². The molecule has 0 N–H and O–H groups in total. The summed E-state index contributed by atoms with van der Waals surface area (Å²) in [5.74, 6) is -0.377. The fraction of sp³-hybridized carbons (Fsp3) is 0.167. The minimum absolute atomic E-state index is 0.0866. The maximum atomic E-state index is 11.9. The van der Waals surface area contributed by atoms with Crippen molar-refractivity contribution in [1.29, 1.82) is 0 Å². The van der Waals surface area contributed by atoms with Crippen LogP contribution in [0.2, 0.25) is 0 Å². The zero-order valence-electron chi connectivity index (χ0n) is 9.47. The molecule has 88 valence electrons. The number of hydrogen-bond donors (Lipinski definition) is 0. The van der Waals surface area contributed by atoms with Gasteiger partial charge < -0.3 is 14.4 Å². The Hall–Kier alpha value is -2.30. The van der Waals surface area contributed by atoms with E-state index >= 15 is 0 Å². The van der Waals surface area contributed by atoms with Gasteiger partial charge in [-0.1, -0.05) is 18.2 Å². The Labute approximate surface area is 97.8 Å². The van der Waals surface area contributed by atoms with E-state index in [1.54, 1.807) is 31.2 Å². The van der Waals surface area contributed by atoms with Gasteiger partial charge in [0.05, 0.1) is 12.7 Å². The second-order valence-electron chi connectivity index (χ2n) is 3.46. The molecule has 17 heavy (non-hydrogen) atoms. The standard InChI is InChI=1S/C12H11NO4/c1-8-10(12(14)16-2)13(15)11(17-8)9-6-4-3-5-7-9/h3-7H,1-2H3. The third-order valence-electron chi connectivity index (χ3n) is 2.37. The van der Waals surface area contributed by atoms with Gasteiger partial charge in [-0.3, -0.25) is 0 Å². The van der Waals surface area contributed by atoms with Crippen molar-refractivity contribution in [3.05, 3.63) is 47.0 Å². The molecule has 0 spiro atoms. The van der Waals surface area contributed by atoms with E-state index in [1.165, 1.54) is 7.11 Å². The van der Waals surface area contributed by atoms with Gasteiger partial charge in [0.15, 0.2) is 5.76 Å². The lowest BCUT2D eigenvalue weighted by Gasteiger charge is -1.98. The summed E-state index contributed by atoms with van der Waals surface area (Å²) in [6.07, 6.45) is 0. The summed E-state index contributed by atoms with van der Waals surface area (Å²) in [5.41, 5.74) is 0.493. The maximum absolute atomic E-state index is 11.9. The third-order valence-corrected chi connectivity index (χ3v) is 2.37. The first-order chi connectivity index (χ1) is 8.15. The Kier molecular flexibility index (Phi) is 2.82. The molecule has 0 saturated carbocycles. The molecule has 0 fully saturated rings. The SMILES string of the molecule is COC(=O)c1c(C)oc(-c2ccccc2)[n+]1[O-]. The molecule has 5 heteroatoms. The second kappa shape index (κ2) is 4.29. The molecule has 1 aromatic heterocycles. The molecule has 0 unspecified atom stereocenters. The number of esters is 1. The third kappa shape index (κ3) is 1.87. The molecule has 1 aromatic carbocycles. The van der Waals surface area contributed by atoms with Crippen molar-refractivity contribution < 1.29 is 18.7 Å². The Morgan fingerprint density at radius 2 is 2.00 bits per heavy atom. The van der Waals surface area contributed by atoms with Crippen molar-refractivity contribution in [3.8, 4) is 11.5 Å². The van der Waals surface area contributed by atoms with Crippen LogP contribution < -0.4 is 4.73 Å². The lowest BCUT2D eigenvalue weighted by atomic mass is 10.2. The van der Waals surface area contributed by atoms with Gasteiger partial charge in [0.2, 0.25) is 0 Å². The maximum Gasteiger partial charge on any atom is 0.408 e. The molecule has 0 amide bonds. The molecule has 0 aliphatic carbocycles. The van der Waals surface area contributed by atoms with E-state index in [2.05, 4.69) is 4.74 Å². The summed E-state index contributed by atoms with van der Waals surface area (Å²) in [5, 5.41) is 11.9. The first-order valence-electron chi connectivity index (χ1n) is 5.02. The van der Waals surface area contributed by atoms with E-state index in [4.69, 9.17) is 4.42 Å². The zero-order valence-corrected chi connectivity index (χ0v) is 9.47. The minimum Gasteiger partial charge on any atom is -0.615 e.